The molecule has 3 heterocycles. The molecule has 0 aromatic carbocycles. The number of hydrogen-bond acceptors (Lipinski definition) is 5. The molecule has 0 aliphatic carbocycles. The third kappa shape index (κ3) is 2.92. The van der Waals surface area contributed by atoms with Crippen molar-refractivity contribution in [1.29, 1.82) is 0 Å². The van der Waals surface area contributed by atoms with Gasteiger partial charge in [-0.2, -0.15) is 4.31 Å². The molecule has 21 heavy (non-hydrogen) atoms. The first-order valence-electron chi connectivity index (χ1n) is 7.25. The van der Waals surface area contributed by atoms with Gasteiger partial charge in [-0.3, -0.25) is 4.90 Å². The van der Waals surface area contributed by atoms with E-state index in [1.807, 2.05) is 0 Å². The summed E-state index contributed by atoms with van der Waals surface area (Å²) in [4.78, 5) is 2.60. The monoisotopic (exact) mass is 377 g/mol. The van der Waals surface area contributed by atoms with Gasteiger partial charge in [-0.05, 0) is 35.3 Å². The standard InChI is InChI=1S/C13H20BrN3O3S/c14-13-12(7-11(8-15)20-13)21(18,19)17-6-5-16-4-2-1-3-10(16)9-17/h7,10H,1-6,8-9,15H2. The second-order valence-corrected chi connectivity index (χ2v) is 8.23. The fourth-order valence-corrected chi connectivity index (χ4v) is 5.59. The van der Waals surface area contributed by atoms with Crippen LogP contribution in [0.2, 0.25) is 0 Å². The molecule has 8 heteroatoms. The topological polar surface area (TPSA) is 79.8 Å². The van der Waals surface area contributed by atoms with Crippen LogP contribution in [0.1, 0.15) is 25.0 Å². The van der Waals surface area contributed by atoms with Crippen molar-refractivity contribution >= 4 is 26.0 Å². The zero-order chi connectivity index (χ0) is 15.0. The van der Waals surface area contributed by atoms with Gasteiger partial charge in [0.25, 0.3) is 0 Å². The fraction of sp³-hybridized carbons (Fsp3) is 0.692. The highest BCUT2D eigenvalue weighted by Gasteiger charge is 2.36. The van der Waals surface area contributed by atoms with E-state index in [0.29, 0.717) is 24.9 Å². The predicted molar refractivity (Wildman–Crippen MR) is 82.3 cm³/mol. The first kappa shape index (κ1) is 15.5. The third-order valence-electron chi connectivity index (χ3n) is 4.33. The Labute approximate surface area is 133 Å². The SMILES string of the molecule is NCc1cc(S(=O)(=O)N2CCN3CCCCC3C2)c(Br)o1. The number of nitrogens with two attached hydrogens (primary N) is 1. The molecular weight excluding hydrogens is 358 g/mol. The molecule has 0 radical (unpaired) electrons. The van der Waals surface area contributed by atoms with Gasteiger partial charge in [0.15, 0.2) is 4.67 Å². The Morgan fingerprint density at radius 3 is 2.86 bits per heavy atom. The lowest BCUT2D eigenvalue weighted by Gasteiger charge is -2.43. The molecule has 118 valence electrons. The number of nitrogens with zero attached hydrogens (tertiary/aromatic N) is 2. The Hall–Kier alpha value is -0.410. The van der Waals surface area contributed by atoms with Gasteiger partial charge in [0, 0.05) is 31.7 Å². The summed E-state index contributed by atoms with van der Waals surface area (Å²) < 4.78 is 32.7. The smallest absolute Gasteiger partial charge is 0.247 e. The molecule has 0 saturated carbocycles. The number of piperazine rings is 1. The van der Waals surface area contributed by atoms with Gasteiger partial charge >= 0.3 is 0 Å². The number of fused-ring (bicyclic) bond motifs is 1. The van der Waals surface area contributed by atoms with Gasteiger partial charge < -0.3 is 10.2 Å². The molecule has 1 aromatic rings. The molecule has 2 fully saturated rings. The maximum absolute atomic E-state index is 12.8. The Kier molecular flexibility index (Phi) is 4.42. The van der Waals surface area contributed by atoms with E-state index in [-0.39, 0.29) is 16.1 Å². The summed E-state index contributed by atoms with van der Waals surface area (Å²) in [6.45, 7) is 3.19. The number of furan rings is 1. The average Bonchev–Trinajstić information content (AvgIpc) is 2.88. The zero-order valence-electron chi connectivity index (χ0n) is 11.8. The van der Waals surface area contributed by atoms with Crippen molar-refractivity contribution in [1.82, 2.24) is 9.21 Å². The summed E-state index contributed by atoms with van der Waals surface area (Å²) >= 11 is 3.19. The van der Waals surface area contributed by atoms with Crippen LogP contribution in [-0.4, -0.2) is 49.8 Å². The van der Waals surface area contributed by atoms with Crippen molar-refractivity contribution in [3.63, 3.8) is 0 Å². The van der Waals surface area contributed by atoms with Gasteiger partial charge in [0.05, 0.1) is 6.54 Å². The van der Waals surface area contributed by atoms with Crippen molar-refractivity contribution in [2.75, 3.05) is 26.2 Å². The van der Waals surface area contributed by atoms with Crippen molar-refractivity contribution < 1.29 is 12.8 Å². The van der Waals surface area contributed by atoms with Crippen LogP contribution in [0.3, 0.4) is 0 Å². The molecule has 3 rings (SSSR count). The lowest BCUT2D eigenvalue weighted by atomic mass is 10.0. The first-order chi connectivity index (χ1) is 10.0. The molecule has 2 aliphatic heterocycles. The van der Waals surface area contributed by atoms with Crippen LogP contribution in [-0.2, 0) is 16.6 Å². The lowest BCUT2D eigenvalue weighted by Crippen LogP contribution is -2.56. The quantitative estimate of drug-likeness (QED) is 0.859. The van der Waals surface area contributed by atoms with E-state index in [2.05, 4.69) is 20.8 Å². The molecule has 1 unspecified atom stereocenters. The molecule has 1 atom stereocenters. The molecule has 0 bridgehead atoms. The summed E-state index contributed by atoms with van der Waals surface area (Å²) in [5.41, 5.74) is 5.51. The van der Waals surface area contributed by atoms with Crippen LogP contribution < -0.4 is 5.73 Å². The first-order valence-corrected chi connectivity index (χ1v) is 9.48. The van der Waals surface area contributed by atoms with Gasteiger partial charge in [-0.1, -0.05) is 6.42 Å². The Morgan fingerprint density at radius 1 is 1.33 bits per heavy atom. The summed E-state index contributed by atoms with van der Waals surface area (Å²) in [5, 5.41) is 0. The number of hydrogen-bond donors (Lipinski definition) is 1. The number of rotatable bonds is 3. The van der Waals surface area contributed by atoms with Crippen LogP contribution >= 0.6 is 15.9 Å². The van der Waals surface area contributed by atoms with E-state index >= 15 is 0 Å². The highest BCUT2D eigenvalue weighted by Crippen LogP contribution is 2.31. The van der Waals surface area contributed by atoms with E-state index < -0.39 is 10.0 Å². The maximum atomic E-state index is 12.8. The van der Waals surface area contributed by atoms with E-state index in [1.54, 1.807) is 4.31 Å². The fourth-order valence-electron chi connectivity index (χ4n) is 3.16. The minimum atomic E-state index is -3.52. The van der Waals surface area contributed by atoms with Gasteiger partial charge in [-0.15, -0.1) is 0 Å². The normalized spacial score (nSPS) is 25.0. The number of piperidine rings is 1. The van der Waals surface area contributed by atoms with Crippen molar-refractivity contribution in [2.24, 2.45) is 5.73 Å². The van der Waals surface area contributed by atoms with Gasteiger partial charge in [-0.25, -0.2) is 8.42 Å². The largest absolute Gasteiger partial charge is 0.452 e. The molecule has 0 spiro atoms. The molecule has 2 N–H and O–H groups in total. The van der Waals surface area contributed by atoms with Crippen LogP contribution in [0.15, 0.2) is 20.0 Å². The molecular formula is C13H20BrN3O3S. The van der Waals surface area contributed by atoms with Crippen LogP contribution in [0.4, 0.5) is 0 Å². The van der Waals surface area contributed by atoms with Crippen LogP contribution in [0, 0.1) is 0 Å². The summed E-state index contributed by atoms with van der Waals surface area (Å²) in [7, 11) is -3.52. The predicted octanol–water partition coefficient (Wildman–Crippen LogP) is 1.36. The van der Waals surface area contributed by atoms with Gasteiger partial charge in [0.2, 0.25) is 10.0 Å². The molecule has 2 saturated heterocycles. The van der Waals surface area contributed by atoms with Crippen molar-refractivity contribution in [2.45, 2.75) is 36.7 Å². The van der Waals surface area contributed by atoms with Crippen molar-refractivity contribution in [3.8, 4) is 0 Å². The van der Waals surface area contributed by atoms with Crippen molar-refractivity contribution in [3.05, 3.63) is 16.5 Å². The Morgan fingerprint density at radius 2 is 2.14 bits per heavy atom. The summed E-state index contributed by atoms with van der Waals surface area (Å²) in [5.74, 6) is 0.469. The highest BCUT2D eigenvalue weighted by atomic mass is 79.9. The third-order valence-corrected chi connectivity index (χ3v) is 7.05. The molecule has 1 aromatic heterocycles. The summed E-state index contributed by atoms with van der Waals surface area (Å²) in [6, 6.07) is 1.87. The van der Waals surface area contributed by atoms with E-state index in [1.165, 1.54) is 18.9 Å². The highest BCUT2D eigenvalue weighted by molar-refractivity contribution is 9.10. The molecule has 0 amide bonds. The zero-order valence-corrected chi connectivity index (χ0v) is 14.2. The van der Waals surface area contributed by atoms with E-state index in [9.17, 15) is 8.42 Å². The van der Waals surface area contributed by atoms with E-state index in [4.69, 9.17) is 10.2 Å². The van der Waals surface area contributed by atoms with E-state index in [0.717, 1.165) is 19.5 Å². The lowest BCUT2D eigenvalue weighted by molar-refractivity contribution is 0.0851. The molecule has 6 nitrogen and oxygen atoms in total. The number of sulfonamides is 1. The average molecular weight is 378 g/mol. The minimum Gasteiger partial charge on any atom is -0.452 e. The summed E-state index contributed by atoms with van der Waals surface area (Å²) in [6.07, 6.45) is 3.48. The second kappa shape index (κ2) is 6.00. The Bertz CT molecular complexity index is 616. The minimum absolute atomic E-state index is 0.185. The van der Waals surface area contributed by atoms with Gasteiger partial charge in [0.1, 0.15) is 10.7 Å². The Balaban J connectivity index is 1.83. The second-order valence-electron chi connectivity index (χ2n) is 5.60. The van der Waals surface area contributed by atoms with Crippen LogP contribution in [0.25, 0.3) is 0 Å². The molecule has 2 aliphatic rings. The maximum Gasteiger partial charge on any atom is 0.247 e. The van der Waals surface area contributed by atoms with Crippen LogP contribution in [0.5, 0.6) is 0 Å². The number of halogens is 1.